The van der Waals surface area contributed by atoms with E-state index < -0.39 is 10.0 Å². The Balaban J connectivity index is 2.61. The van der Waals surface area contributed by atoms with Crippen molar-refractivity contribution in [2.45, 2.75) is 4.90 Å². The van der Waals surface area contributed by atoms with E-state index in [0.29, 0.717) is 5.69 Å². The van der Waals surface area contributed by atoms with Gasteiger partial charge in [0, 0.05) is 0 Å². The molecule has 2 N–H and O–H groups in total. The van der Waals surface area contributed by atoms with Crippen molar-refractivity contribution in [1.82, 2.24) is 20.2 Å². The molecule has 17 heavy (non-hydrogen) atoms. The normalized spacial score (nSPS) is 11.4. The number of methoxy groups -OCH3 is 1. The lowest BCUT2D eigenvalue weighted by molar-refractivity contribution is 0.402. The van der Waals surface area contributed by atoms with Crippen LogP contribution in [0.3, 0.4) is 0 Å². The molecular formula is C8H9N5O3S. The Kier molecular flexibility index (Phi) is 2.77. The minimum Gasteiger partial charge on any atom is -0.495 e. The van der Waals surface area contributed by atoms with Gasteiger partial charge in [0.05, 0.1) is 12.8 Å². The van der Waals surface area contributed by atoms with Gasteiger partial charge in [-0.15, -0.1) is 5.10 Å². The first-order valence-corrected chi connectivity index (χ1v) is 6.01. The Bertz CT molecular complexity index is 623. The highest BCUT2D eigenvalue weighted by Gasteiger charge is 2.16. The lowest BCUT2D eigenvalue weighted by Crippen LogP contribution is -2.14. The highest BCUT2D eigenvalue weighted by Crippen LogP contribution is 2.24. The number of aromatic nitrogens is 4. The number of hydrogen-bond donors (Lipinski definition) is 1. The van der Waals surface area contributed by atoms with Crippen molar-refractivity contribution in [1.29, 1.82) is 0 Å². The predicted molar refractivity (Wildman–Crippen MR) is 57.1 cm³/mol. The van der Waals surface area contributed by atoms with E-state index in [-0.39, 0.29) is 10.6 Å². The lowest BCUT2D eigenvalue weighted by Gasteiger charge is -2.08. The first-order chi connectivity index (χ1) is 8.02. The monoisotopic (exact) mass is 255 g/mol. The third-order valence-electron chi connectivity index (χ3n) is 2.07. The van der Waals surface area contributed by atoms with E-state index in [9.17, 15) is 8.42 Å². The quantitative estimate of drug-likeness (QED) is 0.777. The van der Waals surface area contributed by atoms with E-state index in [1.165, 1.54) is 30.3 Å². The third kappa shape index (κ3) is 2.24. The Labute approximate surface area is 97.1 Å². The molecule has 0 amide bonds. The number of ether oxygens (including phenoxy) is 1. The highest BCUT2D eigenvalue weighted by molar-refractivity contribution is 7.89. The summed E-state index contributed by atoms with van der Waals surface area (Å²) < 4.78 is 29.0. The van der Waals surface area contributed by atoms with Crippen LogP contribution in [0.4, 0.5) is 0 Å². The van der Waals surface area contributed by atoms with Crippen LogP contribution in [-0.2, 0) is 10.0 Å². The van der Waals surface area contributed by atoms with Crippen molar-refractivity contribution in [2.24, 2.45) is 5.14 Å². The van der Waals surface area contributed by atoms with E-state index in [1.54, 1.807) is 6.07 Å². The van der Waals surface area contributed by atoms with Crippen molar-refractivity contribution in [3.63, 3.8) is 0 Å². The molecule has 0 atom stereocenters. The molecule has 1 heterocycles. The van der Waals surface area contributed by atoms with Crippen molar-refractivity contribution in [2.75, 3.05) is 7.11 Å². The molecule has 0 saturated heterocycles. The molecular weight excluding hydrogens is 246 g/mol. The van der Waals surface area contributed by atoms with Gasteiger partial charge in [-0.25, -0.2) is 18.2 Å². The molecule has 0 fully saturated rings. The van der Waals surface area contributed by atoms with Crippen LogP contribution in [0.5, 0.6) is 5.75 Å². The number of primary sulfonamides is 1. The van der Waals surface area contributed by atoms with Crippen molar-refractivity contribution in [3.05, 3.63) is 24.5 Å². The standard InChI is InChI=1S/C8H9N5O3S/c1-16-7-3-2-6(13-5-10-11-12-13)4-8(7)17(9,14)15/h2-5H,1H3,(H2,9,14,15). The van der Waals surface area contributed by atoms with Crippen molar-refractivity contribution in [3.8, 4) is 11.4 Å². The molecule has 8 nitrogen and oxygen atoms in total. The smallest absolute Gasteiger partial charge is 0.241 e. The largest absolute Gasteiger partial charge is 0.495 e. The Hall–Kier alpha value is -2.00. The summed E-state index contributed by atoms with van der Waals surface area (Å²) in [7, 11) is -2.50. The minimum absolute atomic E-state index is 0.118. The summed E-state index contributed by atoms with van der Waals surface area (Å²) >= 11 is 0. The van der Waals surface area contributed by atoms with Crippen LogP contribution >= 0.6 is 0 Å². The molecule has 9 heteroatoms. The van der Waals surface area contributed by atoms with Gasteiger partial charge in [0.15, 0.2) is 0 Å². The van der Waals surface area contributed by atoms with Gasteiger partial charge in [-0.3, -0.25) is 0 Å². The summed E-state index contributed by atoms with van der Waals surface area (Å²) in [4.78, 5) is -0.118. The molecule has 0 aliphatic carbocycles. The van der Waals surface area contributed by atoms with E-state index in [0.717, 1.165) is 0 Å². The van der Waals surface area contributed by atoms with Crippen LogP contribution in [0.2, 0.25) is 0 Å². The Morgan fingerprint density at radius 3 is 2.71 bits per heavy atom. The summed E-state index contributed by atoms with van der Waals surface area (Å²) in [5.41, 5.74) is 0.472. The van der Waals surface area contributed by atoms with Crippen LogP contribution in [0.1, 0.15) is 0 Å². The molecule has 0 aliphatic rings. The number of nitrogens with zero attached hydrogens (tertiary/aromatic N) is 4. The maximum Gasteiger partial charge on any atom is 0.241 e. The summed E-state index contributed by atoms with van der Waals surface area (Å²) in [6.45, 7) is 0. The van der Waals surface area contributed by atoms with Gasteiger partial charge < -0.3 is 4.74 Å². The fourth-order valence-corrected chi connectivity index (χ4v) is 2.03. The third-order valence-corrected chi connectivity index (χ3v) is 3.00. The van der Waals surface area contributed by atoms with Gasteiger partial charge in [-0.1, -0.05) is 0 Å². The summed E-state index contributed by atoms with van der Waals surface area (Å²) in [6, 6.07) is 4.44. The fraction of sp³-hybridized carbons (Fsp3) is 0.125. The van der Waals surface area contributed by atoms with Gasteiger partial charge in [-0.05, 0) is 28.6 Å². The van der Waals surface area contributed by atoms with E-state index >= 15 is 0 Å². The number of sulfonamides is 1. The number of nitrogens with two attached hydrogens (primary N) is 1. The second kappa shape index (κ2) is 4.11. The van der Waals surface area contributed by atoms with Crippen LogP contribution in [0.25, 0.3) is 5.69 Å². The predicted octanol–water partition coefficient (Wildman–Crippen LogP) is -0.682. The average Bonchev–Trinajstić information content (AvgIpc) is 2.80. The molecule has 0 bridgehead atoms. The molecule has 1 aromatic heterocycles. The topological polar surface area (TPSA) is 113 Å². The molecule has 0 unspecified atom stereocenters. The number of tetrazole rings is 1. The Morgan fingerprint density at radius 1 is 1.41 bits per heavy atom. The number of benzene rings is 1. The second-order valence-electron chi connectivity index (χ2n) is 3.13. The SMILES string of the molecule is COc1ccc(-n2cnnn2)cc1S(N)(=O)=O. The summed E-state index contributed by atoms with van der Waals surface area (Å²) in [5.74, 6) is 0.171. The molecule has 0 saturated carbocycles. The van der Waals surface area contributed by atoms with Crippen LogP contribution in [-0.4, -0.2) is 35.7 Å². The summed E-state index contributed by atoms with van der Waals surface area (Å²) in [5, 5.41) is 15.6. The van der Waals surface area contributed by atoms with Gasteiger partial charge in [0.1, 0.15) is 17.0 Å². The molecule has 0 spiro atoms. The molecule has 0 radical (unpaired) electrons. The Morgan fingerprint density at radius 2 is 2.18 bits per heavy atom. The molecule has 2 aromatic rings. The molecule has 90 valence electrons. The zero-order valence-electron chi connectivity index (χ0n) is 8.81. The summed E-state index contributed by atoms with van der Waals surface area (Å²) in [6.07, 6.45) is 1.34. The molecule has 2 rings (SSSR count). The van der Waals surface area contributed by atoms with Gasteiger partial charge in [-0.2, -0.15) is 0 Å². The average molecular weight is 255 g/mol. The maximum absolute atomic E-state index is 11.4. The molecule has 1 aromatic carbocycles. The second-order valence-corrected chi connectivity index (χ2v) is 4.66. The van der Waals surface area contributed by atoms with E-state index in [1.807, 2.05) is 0 Å². The zero-order chi connectivity index (χ0) is 12.5. The van der Waals surface area contributed by atoms with Crippen LogP contribution in [0.15, 0.2) is 29.4 Å². The minimum atomic E-state index is -3.87. The first-order valence-electron chi connectivity index (χ1n) is 4.46. The number of rotatable bonds is 3. The van der Waals surface area contributed by atoms with Crippen molar-refractivity contribution >= 4 is 10.0 Å². The molecule has 0 aliphatic heterocycles. The number of hydrogen-bond acceptors (Lipinski definition) is 6. The van der Waals surface area contributed by atoms with Gasteiger partial charge in [0.2, 0.25) is 10.0 Å². The van der Waals surface area contributed by atoms with E-state index in [4.69, 9.17) is 9.88 Å². The van der Waals surface area contributed by atoms with Gasteiger partial charge in [0.25, 0.3) is 0 Å². The zero-order valence-corrected chi connectivity index (χ0v) is 9.63. The van der Waals surface area contributed by atoms with E-state index in [2.05, 4.69) is 15.5 Å². The lowest BCUT2D eigenvalue weighted by atomic mass is 10.3. The van der Waals surface area contributed by atoms with Gasteiger partial charge >= 0.3 is 0 Å². The van der Waals surface area contributed by atoms with Crippen LogP contribution in [0, 0.1) is 0 Å². The van der Waals surface area contributed by atoms with Crippen molar-refractivity contribution < 1.29 is 13.2 Å². The first kappa shape index (κ1) is 11.5. The maximum atomic E-state index is 11.4. The van der Waals surface area contributed by atoms with Crippen LogP contribution < -0.4 is 9.88 Å². The highest BCUT2D eigenvalue weighted by atomic mass is 32.2. The fourth-order valence-electron chi connectivity index (χ4n) is 1.31.